The molecule has 0 spiro atoms. The molecule has 0 aromatic heterocycles. The minimum atomic E-state index is -0.355. The van der Waals surface area contributed by atoms with Crippen molar-refractivity contribution in [1.82, 2.24) is 5.32 Å². The Morgan fingerprint density at radius 3 is 2.80 bits per heavy atom. The summed E-state index contributed by atoms with van der Waals surface area (Å²) in [5.74, 6) is 1.00. The van der Waals surface area contributed by atoms with E-state index in [1.54, 1.807) is 18.2 Å². The van der Waals surface area contributed by atoms with Crippen molar-refractivity contribution in [2.24, 2.45) is 0 Å². The summed E-state index contributed by atoms with van der Waals surface area (Å²) < 4.78 is 11.5. The Balaban J connectivity index is 1.66. The summed E-state index contributed by atoms with van der Waals surface area (Å²) in [4.78, 5) is 12.3. The monoisotopic (exact) mass is 379 g/mol. The molecule has 1 aliphatic rings. The standard InChI is InChI=1S/C19H19Cl2NO3/c1-19(2)10-15(13-5-3-4-6-16(13)25-19)22-18(23)11-24-17-8-7-12(20)9-14(17)21/h3-9,15H,10-11H2,1-2H3,(H,22,23). The van der Waals surface area contributed by atoms with E-state index in [1.807, 2.05) is 38.1 Å². The molecule has 1 amide bonds. The normalized spacial score (nSPS) is 18.0. The predicted octanol–water partition coefficient (Wildman–Crippen LogP) is 4.79. The number of rotatable bonds is 4. The van der Waals surface area contributed by atoms with E-state index >= 15 is 0 Å². The highest BCUT2D eigenvalue weighted by Crippen LogP contribution is 2.39. The number of fused-ring (bicyclic) bond motifs is 1. The van der Waals surface area contributed by atoms with Gasteiger partial charge in [-0.3, -0.25) is 4.79 Å². The van der Waals surface area contributed by atoms with Crippen molar-refractivity contribution < 1.29 is 14.3 Å². The van der Waals surface area contributed by atoms with Gasteiger partial charge in [-0.15, -0.1) is 0 Å². The number of nitrogens with one attached hydrogen (secondary N) is 1. The Morgan fingerprint density at radius 2 is 2.04 bits per heavy atom. The minimum Gasteiger partial charge on any atom is -0.487 e. The van der Waals surface area contributed by atoms with Gasteiger partial charge in [0.25, 0.3) is 5.91 Å². The number of hydrogen-bond donors (Lipinski definition) is 1. The molecule has 0 fully saturated rings. The summed E-state index contributed by atoms with van der Waals surface area (Å²) in [5.41, 5.74) is 0.617. The molecule has 132 valence electrons. The first-order valence-corrected chi connectivity index (χ1v) is 8.75. The van der Waals surface area contributed by atoms with E-state index in [0.717, 1.165) is 11.3 Å². The number of carbonyl (C=O) groups excluding carboxylic acids is 1. The van der Waals surface area contributed by atoms with Crippen molar-refractivity contribution in [2.45, 2.75) is 31.9 Å². The zero-order chi connectivity index (χ0) is 18.0. The van der Waals surface area contributed by atoms with E-state index < -0.39 is 0 Å². The Kier molecular flexibility index (Phi) is 5.11. The minimum absolute atomic E-state index is 0.124. The molecule has 1 heterocycles. The van der Waals surface area contributed by atoms with Gasteiger partial charge < -0.3 is 14.8 Å². The summed E-state index contributed by atoms with van der Waals surface area (Å²) in [6, 6.07) is 12.5. The van der Waals surface area contributed by atoms with Gasteiger partial charge in [0.15, 0.2) is 6.61 Å². The van der Waals surface area contributed by atoms with Crippen molar-refractivity contribution in [2.75, 3.05) is 6.61 Å². The summed E-state index contributed by atoms with van der Waals surface area (Å²) in [6.07, 6.45) is 0.678. The zero-order valence-corrected chi connectivity index (χ0v) is 15.5. The van der Waals surface area contributed by atoms with Crippen molar-refractivity contribution >= 4 is 29.1 Å². The number of para-hydroxylation sites is 1. The average molecular weight is 380 g/mol. The number of benzene rings is 2. The van der Waals surface area contributed by atoms with E-state index in [2.05, 4.69) is 5.32 Å². The van der Waals surface area contributed by atoms with Crippen LogP contribution in [0, 0.1) is 0 Å². The first kappa shape index (κ1) is 17.9. The molecular weight excluding hydrogens is 361 g/mol. The van der Waals surface area contributed by atoms with E-state index in [0.29, 0.717) is 22.2 Å². The molecule has 2 aromatic rings. The van der Waals surface area contributed by atoms with Crippen molar-refractivity contribution in [3.63, 3.8) is 0 Å². The molecular formula is C19H19Cl2NO3. The van der Waals surface area contributed by atoms with Crippen molar-refractivity contribution in [3.05, 3.63) is 58.1 Å². The second kappa shape index (κ2) is 7.14. The van der Waals surface area contributed by atoms with E-state index in [1.165, 1.54) is 0 Å². The molecule has 0 saturated carbocycles. The van der Waals surface area contributed by atoms with Crippen LogP contribution in [-0.4, -0.2) is 18.1 Å². The fourth-order valence-corrected chi connectivity index (χ4v) is 3.37. The maximum atomic E-state index is 12.3. The van der Waals surface area contributed by atoms with Crippen LogP contribution >= 0.6 is 23.2 Å². The van der Waals surface area contributed by atoms with Crippen LogP contribution in [0.25, 0.3) is 0 Å². The third-order valence-corrected chi connectivity index (χ3v) is 4.49. The third-order valence-electron chi connectivity index (χ3n) is 3.96. The van der Waals surface area contributed by atoms with Gasteiger partial charge in [-0.2, -0.15) is 0 Å². The SMILES string of the molecule is CC1(C)CC(NC(=O)COc2ccc(Cl)cc2Cl)c2ccccc2O1. The van der Waals surface area contributed by atoms with Crippen LogP contribution in [-0.2, 0) is 4.79 Å². The third kappa shape index (κ3) is 4.39. The maximum Gasteiger partial charge on any atom is 0.258 e. The Labute approximate surface area is 157 Å². The van der Waals surface area contributed by atoms with Crippen LogP contribution in [0.1, 0.15) is 31.9 Å². The molecule has 0 aliphatic carbocycles. The summed E-state index contributed by atoms with van der Waals surface area (Å²) in [5, 5.41) is 3.91. The largest absolute Gasteiger partial charge is 0.487 e. The van der Waals surface area contributed by atoms with Crippen LogP contribution in [0.5, 0.6) is 11.5 Å². The lowest BCUT2D eigenvalue weighted by molar-refractivity contribution is -0.124. The smallest absolute Gasteiger partial charge is 0.258 e. The lowest BCUT2D eigenvalue weighted by Crippen LogP contribution is -2.42. The summed E-state index contributed by atoms with van der Waals surface area (Å²) >= 11 is 11.9. The molecule has 6 heteroatoms. The van der Waals surface area contributed by atoms with Crippen molar-refractivity contribution in [1.29, 1.82) is 0 Å². The van der Waals surface area contributed by atoms with Gasteiger partial charge in [-0.05, 0) is 38.1 Å². The van der Waals surface area contributed by atoms with Gasteiger partial charge in [0, 0.05) is 17.0 Å². The lowest BCUT2D eigenvalue weighted by Gasteiger charge is -2.37. The van der Waals surface area contributed by atoms with E-state index in [-0.39, 0.29) is 24.2 Å². The van der Waals surface area contributed by atoms with Gasteiger partial charge >= 0.3 is 0 Å². The fourth-order valence-electron chi connectivity index (χ4n) is 2.90. The van der Waals surface area contributed by atoms with Crippen LogP contribution in [0.4, 0.5) is 0 Å². The van der Waals surface area contributed by atoms with Gasteiger partial charge in [0.2, 0.25) is 0 Å². The Bertz CT molecular complexity index is 792. The van der Waals surface area contributed by atoms with E-state index in [4.69, 9.17) is 32.7 Å². The summed E-state index contributed by atoms with van der Waals surface area (Å²) in [7, 11) is 0. The number of hydrogen-bond acceptors (Lipinski definition) is 3. The molecule has 1 N–H and O–H groups in total. The quantitative estimate of drug-likeness (QED) is 0.830. The number of ether oxygens (including phenoxy) is 2. The fraction of sp³-hybridized carbons (Fsp3) is 0.316. The van der Waals surface area contributed by atoms with E-state index in [9.17, 15) is 4.79 Å². The highest BCUT2D eigenvalue weighted by molar-refractivity contribution is 6.35. The first-order chi connectivity index (χ1) is 11.8. The molecule has 1 unspecified atom stereocenters. The predicted molar refractivity (Wildman–Crippen MR) is 98.6 cm³/mol. The van der Waals surface area contributed by atoms with Crippen LogP contribution in [0.3, 0.4) is 0 Å². The van der Waals surface area contributed by atoms with Gasteiger partial charge in [0.05, 0.1) is 11.1 Å². The number of halogens is 2. The highest BCUT2D eigenvalue weighted by atomic mass is 35.5. The Hall–Kier alpha value is -1.91. The average Bonchev–Trinajstić information content (AvgIpc) is 2.53. The molecule has 25 heavy (non-hydrogen) atoms. The molecule has 2 aromatic carbocycles. The van der Waals surface area contributed by atoms with Crippen molar-refractivity contribution in [3.8, 4) is 11.5 Å². The topological polar surface area (TPSA) is 47.6 Å². The number of carbonyl (C=O) groups is 1. The molecule has 1 atom stereocenters. The lowest BCUT2D eigenvalue weighted by atomic mass is 9.90. The first-order valence-electron chi connectivity index (χ1n) is 7.99. The molecule has 3 rings (SSSR count). The second-order valence-electron chi connectivity index (χ2n) is 6.59. The highest BCUT2D eigenvalue weighted by Gasteiger charge is 2.34. The molecule has 1 aliphatic heterocycles. The maximum absolute atomic E-state index is 12.3. The van der Waals surface area contributed by atoms with Crippen LogP contribution in [0.2, 0.25) is 10.0 Å². The molecule has 0 bridgehead atoms. The van der Waals surface area contributed by atoms with Gasteiger partial charge in [0.1, 0.15) is 17.1 Å². The molecule has 4 nitrogen and oxygen atoms in total. The van der Waals surface area contributed by atoms with Crippen LogP contribution < -0.4 is 14.8 Å². The second-order valence-corrected chi connectivity index (χ2v) is 7.43. The van der Waals surface area contributed by atoms with Gasteiger partial charge in [-0.1, -0.05) is 41.4 Å². The number of amides is 1. The molecule has 0 saturated heterocycles. The summed E-state index contributed by atoms with van der Waals surface area (Å²) in [6.45, 7) is 3.89. The zero-order valence-electron chi connectivity index (χ0n) is 14.0. The van der Waals surface area contributed by atoms with Gasteiger partial charge in [-0.25, -0.2) is 0 Å². The molecule has 0 radical (unpaired) electrons. The Morgan fingerprint density at radius 1 is 1.28 bits per heavy atom. The van der Waals surface area contributed by atoms with Crippen LogP contribution in [0.15, 0.2) is 42.5 Å².